The quantitative estimate of drug-likeness (QED) is 0.592. The van der Waals surface area contributed by atoms with E-state index in [1.54, 1.807) is 16.7 Å². The average molecular weight is 428 g/mol. The fraction of sp³-hybridized carbons (Fsp3) is 0.409. The lowest BCUT2D eigenvalue weighted by Crippen LogP contribution is -2.42. The van der Waals surface area contributed by atoms with E-state index in [1.165, 1.54) is 54.3 Å². The Balaban J connectivity index is 1.33. The average Bonchev–Trinajstić information content (AvgIpc) is 3.40. The van der Waals surface area contributed by atoms with Crippen molar-refractivity contribution >= 4 is 34.0 Å². The molecular weight excluding hydrogens is 402 g/mol. The maximum absolute atomic E-state index is 12.6. The molecule has 1 fully saturated rings. The molecule has 1 saturated carbocycles. The number of nitrogens with zero attached hydrogens (tertiary/aromatic N) is 2. The molecule has 1 aliphatic rings. The Morgan fingerprint density at radius 2 is 2.07 bits per heavy atom. The first-order valence-corrected chi connectivity index (χ1v) is 12.1. The van der Waals surface area contributed by atoms with E-state index in [-0.39, 0.29) is 17.5 Å². The minimum absolute atomic E-state index is 0.0664. The van der Waals surface area contributed by atoms with Gasteiger partial charge in [0.1, 0.15) is 0 Å². The third kappa shape index (κ3) is 5.28. The van der Waals surface area contributed by atoms with Gasteiger partial charge in [-0.2, -0.15) is 0 Å². The van der Waals surface area contributed by atoms with E-state index in [0.29, 0.717) is 22.4 Å². The molecule has 0 bridgehead atoms. The first-order valence-electron chi connectivity index (χ1n) is 10.1. The summed E-state index contributed by atoms with van der Waals surface area (Å²) in [4.78, 5) is 29.9. The van der Waals surface area contributed by atoms with Crippen LogP contribution >= 0.6 is 23.1 Å². The zero-order valence-electron chi connectivity index (χ0n) is 16.3. The van der Waals surface area contributed by atoms with Crippen LogP contribution in [-0.4, -0.2) is 27.1 Å². The molecule has 0 aliphatic heterocycles. The van der Waals surface area contributed by atoms with Crippen LogP contribution in [0.3, 0.4) is 0 Å². The van der Waals surface area contributed by atoms with Crippen LogP contribution in [0.15, 0.2) is 52.8 Å². The normalized spacial score (nSPS) is 15.6. The molecule has 0 radical (unpaired) electrons. The highest BCUT2D eigenvalue weighted by atomic mass is 32.2. The van der Waals surface area contributed by atoms with Crippen molar-refractivity contribution in [3.63, 3.8) is 0 Å². The maximum atomic E-state index is 12.6. The second-order valence-electron chi connectivity index (χ2n) is 7.54. The highest BCUT2D eigenvalue weighted by Gasteiger charge is 2.26. The van der Waals surface area contributed by atoms with Gasteiger partial charge in [0.15, 0.2) is 4.96 Å². The lowest BCUT2D eigenvalue weighted by Gasteiger charge is -2.25. The molecule has 1 unspecified atom stereocenters. The summed E-state index contributed by atoms with van der Waals surface area (Å²) < 4.78 is 1.54. The Morgan fingerprint density at radius 1 is 1.28 bits per heavy atom. The van der Waals surface area contributed by atoms with Crippen molar-refractivity contribution in [3.8, 4) is 0 Å². The van der Waals surface area contributed by atoms with E-state index in [0.717, 1.165) is 12.1 Å². The number of rotatable bonds is 8. The molecule has 1 N–H and O–H groups in total. The number of hydrogen-bond donors (Lipinski definition) is 1. The van der Waals surface area contributed by atoms with E-state index in [2.05, 4.69) is 34.6 Å². The smallest absolute Gasteiger partial charge is 0.258 e. The van der Waals surface area contributed by atoms with Gasteiger partial charge in [-0.1, -0.05) is 43.2 Å². The number of hydrogen-bond acceptors (Lipinski definition) is 5. The summed E-state index contributed by atoms with van der Waals surface area (Å²) in [6.45, 7) is 0. The monoisotopic (exact) mass is 427 g/mol. The molecule has 4 rings (SSSR count). The Hall–Kier alpha value is -2.12. The van der Waals surface area contributed by atoms with Gasteiger partial charge in [-0.25, -0.2) is 4.98 Å². The second kappa shape index (κ2) is 9.59. The number of amides is 1. The Labute approximate surface area is 178 Å². The first kappa shape index (κ1) is 20.2. The molecule has 2 aromatic heterocycles. The molecule has 3 aromatic rings. The van der Waals surface area contributed by atoms with Gasteiger partial charge in [0.05, 0.1) is 11.4 Å². The largest absolute Gasteiger partial charge is 0.352 e. The molecule has 0 spiro atoms. The van der Waals surface area contributed by atoms with Crippen molar-refractivity contribution in [2.75, 3.05) is 5.75 Å². The van der Waals surface area contributed by atoms with Crippen molar-refractivity contribution in [1.82, 2.24) is 14.7 Å². The summed E-state index contributed by atoms with van der Waals surface area (Å²) >= 11 is 2.95. The third-order valence-electron chi connectivity index (χ3n) is 5.45. The Kier molecular flexibility index (Phi) is 6.67. The molecule has 0 saturated heterocycles. The lowest BCUT2D eigenvalue weighted by molar-refractivity contribution is -0.119. The number of benzene rings is 1. The second-order valence-corrected chi connectivity index (χ2v) is 9.40. The van der Waals surface area contributed by atoms with E-state index in [4.69, 9.17) is 0 Å². The van der Waals surface area contributed by atoms with E-state index in [1.807, 2.05) is 11.4 Å². The van der Waals surface area contributed by atoms with Crippen LogP contribution in [0.2, 0.25) is 0 Å². The lowest BCUT2D eigenvalue weighted by atomic mass is 9.92. The molecule has 1 aliphatic carbocycles. The van der Waals surface area contributed by atoms with Gasteiger partial charge in [-0.15, -0.1) is 23.1 Å². The number of carbonyl (C=O) groups excluding carboxylic acids is 1. The summed E-state index contributed by atoms with van der Waals surface area (Å²) in [5.41, 5.74) is 1.93. The Morgan fingerprint density at radius 3 is 2.86 bits per heavy atom. The molecule has 1 amide bonds. The van der Waals surface area contributed by atoms with E-state index in [9.17, 15) is 9.59 Å². The maximum Gasteiger partial charge on any atom is 0.258 e. The molecular formula is C22H25N3O2S2. The topological polar surface area (TPSA) is 63.5 Å². The van der Waals surface area contributed by atoms with Gasteiger partial charge >= 0.3 is 0 Å². The number of carbonyl (C=O) groups is 1. The highest BCUT2D eigenvalue weighted by Crippen LogP contribution is 2.29. The van der Waals surface area contributed by atoms with Crippen molar-refractivity contribution in [1.29, 1.82) is 0 Å². The molecule has 1 aromatic carbocycles. The minimum atomic E-state index is -0.0690. The van der Waals surface area contributed by atoms with Gasteiger partial charge in [0.25, 0.3) is 5.56 Å². The van der Waals surface area contributed by atoms with Crippen molar-refractivity contribution in [2.45, 2.75) is 43.9 Å². The molecule has 29 heavy (non-hydrogen) atoms. The number of nitrogens with one attached hydrogen (secondary N) is 1. The molecule has 7 heteroatoms. The zero-order chi connectivity index (χ0) is 20.1. The van der Waals surface area contributed by atoms with Crippen molar-refractivity contribution < 1.29 is 4.79 Å². The summed E-state index contributed by atoms with van der Waals surface area (Å²) in [5.74, 6) is 1.57. The first-order chi connectivity index (χ1) is 14.2. The molecule has 152 valence electrons. The number of aromatic nitrogens is 2. The summed E-state index contributed by atoms with van der Waals surface area (Å²) in [7, 11) is 0. The summed E-state index contributed by atoms with van der Waals surface area (Å²) in [6, 6.07) is 12.1. The predicted octanol–water partition coefficient (Wildman–Crippen LogP) is 3.91. The van der Waals surface area contributed by atoms with Crippen LogP contribution in [0, 0.1) is 5.92 Å². The van der Waals surface area contributed by atoms with Crippen LogP contribution in [-0.2, 0) is 17.0 Å². The number of thioether (sulfide) groups is 1. The van der Waals surface area contributed by atoms with E-state index < -0.39 is 0 Å². The summed E-state index contributed by atoms with van der Waals surface area (Å²) in [6.07, 6.45) is 7.52. The van der Waals surface area contributed by atoms with Gasteiger partial charge in [0, 0.05) is 29.4 Å². The Bertz CT molecular complexity index is 1010. The van der Waals surface area contributed by atoms with Gasteiger partial charge in [-0.05, 0) is 30.7 Å². The van der Waals surface area contributed by atoms with Gasteiger partial charge in [0.2, 0.25) is 5.91 Å². The third-order valence-corrected chi connectivity index (χ3v) is 7.18. The van der Waals surface area contributed by atoms with Gasteiger partial charge in [-0.3, -0.25) is 14.0 Å². The SMILES string of the molecule is O=C(CSCc1cc(=O)n2ccsc2n1)NC(Cc1ccccc1)C1CCCC1. The highest BCUT2D eigenvalue weighted by molar-refractivity contribution is 7.99. The van der Waals surface area contributed by atoms with Crippen LogP contribution in [0.25, 0.3) is 4.96 Å². The van der Waals surface area contributed by atoms with Crippen LogP contribution in [0.1, 0.15) is 36.9 Å². The minimum Gasteiger partial charge on any atom is -0.352 e. The van der Waals surface area contributed by atoms with Crippen LogP contribution in [0.5, 0.6) is 0 Å². The molecule has 2 heterocycles. The molecule has 5 nitrogen and oxygen atoms in total. The van der Waals surface area contributed by atoms with Crippen molar-refractivity contribution in [3.05, 3.63) is 69.6 Å². The van der Waals surface area contributed by atoms with Crippen molar-refractivity contribution in [2.24, 2.45) is 5.92 Å². The molecule has 1 atom stereocenters. The summed E-state index contributed by atoms with van der Waals surface area (Å²) in [5, 5.41) is 5.14. The predicted molar refractivity (Wildman–Crippen MR) is 120 cm³/mol. The van der Waals surface area contributed by atoms with E-state index >= 15 is 0 Å². The van der Waals surface area contributed by atoms with Crippen LogP contribution < -0.4 is 10.9 Å². The van der Waals surface area contributed by atoms with Gasteiger partial charge < -0.3 is 5.32 Å². The number of fused-ring (bicyclic) bond motifs is 1. The fourth-order valence-corrected chi connectivity index (χ4v) is 5.49. The van der Waals surface area contributed by atoms with Crippen LogP contribution in [0.4, 0.5) is 0 Å². The number of thiazole rings is 1. The standard InChI is InChI=1S/C22H25N3O2S2/c26-20(15-28-14-18-13-21(27)25-10-11-29-22(25)23-18)24-19(17-8-4-5-9-17)12-16-6-2-1-3-7-16/h1-3,6-7,10-11,13,17,19H,4-5,8-9,12,14-15H2,(H,24,26). The fourth-order valence-electron chi connectivity index (χ4n) is 4.02. The zero-order valence-corrected chi connectivity index (χ0v) is 17.9.